The lowest BCUT2D eigenvalue weighted by Gasteiger charge is -2.39. The van der Waals surface area contributed by atoms with Gasteiger partial charge in [-0.2, -0.15) is 0 Å². The van der Waals surface area contributed by atoms with E-state index in [1.165, 1.54) is 61.6 Å². The SMILES string of the molecule is COCOc1c(CCC2CC3CCCC(C3)C2)cc(C(C)(C)C)cc1-c1ccccc1Br. The van der Waals surface area contributed by atoms with E-state index in [2.05, 4.69) is 73.1 Å². The van der Waals surface area contributed by atoms with E-state index in [1.807, 2.05) is 0 Å². The molecule has 0 N–H and O–H groups in total. The van der Waals surface area contributed by atoms with Gasteiger partial charge in [-0.1, -0.05) is 80.2 Å². The van der Waals surface area contributed by atoms with Gasteiger partial charge in [0.05, 0.1) is 0 Å². The highest BCUT2D eigenvalue weighted by Gasteiger charge is 2.32. The molecule has 2 unspecified atom stereocenters. The van der Waals surface area contributed by atoms with Gasteiger partial charge in [0.15, 0.2) is 6.79 Å². The first-order chi connectivity index (χ1) is 15.3. The first-order valence-electron chi connectivity index (χ1n) is 12.4. The molecule has 0 amide bonds. The van der Waals surface area contributed by atoms with Gasteiger partial charge >= 0.3 is 0 Å². The molecule has 4 rings (SSSR count). The van der Waals surface area contributed by atoms with Crippen LogP contribution < -0.4 is 4.74 Å². The lowest BCUT2D eigenvalue weighted by molar-refractivity contribution is 0.0507. The molecule has 0 spiro atoms. The maximum Gasteiger partial charge on any atom is 0.188 e. The number of fused-ring (bicyclic) bond motifs is 2. The van der Waals surface area contributed by atoms with E-state index in [0.717, 1.165) is 40.0 Å². The van der Waals surface area contributed by atoms with Crippen LogP contribution in [0, 0.1) is 17.8 Å². The molecule has 174 valence electrons. The monoisotopic (exact) mass is 498 g/mol. The Bertz CT molecular complexity index is 902. The average molecular weight is 500 g/mol. The number of aryl methyl sites for hydroxylation is 1. The second kappa shape index (κ2) is 10.3. The Morgan fingerprint density at radius 1 is 0.969 bits per heavy atom. The van der Waals surface area contributed by atoms with Gasteiger partial charge in [0, 0.05) is 17.1 Å². The molecule has 0 saturated heterocycles. The summed E-state index contributed by atoms with van der Waals surface area (Å²) < 4.78 is 12.7. The van der Waals surface area contributed by atoms with Crippen molar-refractivity contribution in [2.24, 2.45) is 17.8 Å². The fourth-order valence-corrected chi connectivity index (χ4v) is 6.44. The summed E-state index contributed by atoms with van der Waals surface area (Å²) in [7, 11) is 1.70. The van der Waals surface area contributed by atoms with Crippen LogP contribution in [0.4, 0.5) is 0 Å². The standard InChI is InChI=1S/C29H39BrO2/c1-29(2,3)24-17-23(13-12-22-15-20-8-7-9-21(14-20)16-22)28(32-19-31-4)26(18-24)25-10-5-6-11-27(25)30/h5-6,10-11,17-18,20-22H,7-9,12-16,19H2,1-4H3. The predicted molar refractivity (Wildman–Crippen MR) is 137 cm³/mol. The molecule has 2 fully saturated rings. The van der Waals surface area contributed by atoms with Gasteiger partial charge < -0.3 is 9.47 Å². The summed E-state index contributed by atoms with van der Waals surface area (Å²) in [5.41, 5.74) is 5.11. The van der Waals surface area contributed by atoms with Crippen LogP contribution in [0.1, 0.15) is 76.8 Å². The average Bonchev–Trinajstić information content (AvgIpc) is 2.75. The lowest BCUT2D eigenvalue weighted by atomic mass is 9.67. The van der Waals surface area contributed by atoms with Gasteiger partial charge in [0.2, 0.25) is 0 Å². The number of halogens is 1. The molecule has 0 radical (unpaired) electrons. The van der Waals surface area contributed by atoms with E-state index in [0.29, 0.717) is 0 Å². The molecule has 2 atom stereocenters. The maximum atomic E-state index is 6.27. The Morgan fingerprint density at radius 2 is 1.69 bits per heavy atom. The third-order valence-electron chi connectivity index (χ3n) is 7.56. The van der Waals surface area contributed by atoms with Crippen LogP contribution in [0.15, 0.2) is 40.9 Å². The molecular weight excluding hydrogens is 460 g/mol. The Balaban J connectivity index is 1.69. The molecule has 2 bridgehead atoms. The number of ether oxygens (including phenoxy) is 2. The van der Waals surface area contributed by atoms with Gasteiger partial charge in [0.1, 0.15) is 5.75 Å². The number of hydrogen-bond acceptors (Lipinski definition) is 2. The van der Waals surface area contributed by atoms with Crippen LogP contribution in [-0.2, 0) is 16.6 Å². The van der Waals surface area contributed by atoms with Crippen LogP contribution in [-0.4, -0.2) is 13.9 Å². The maximum absolute atomic E-state index is 6.27. The molecule has 2 aliphatic rings. The summed E-state index contributed by atoms with van der Waals surface area (Å²) in [6.45, 7) is 7.17. The molecule has 2 nitrogen and oxygen atoms in total. The smallest absolute Gasteiger partial charge is 0.188 e. The molecule has 2 saturated carbocycles. The van der Waals surface area contributed by atoms with Crippen molar-refractivity contribution in [1.29, 1.82) is 0 Å². The number of hydrogen-bond donors (Lipinski definition) is 0. The molecule has 2 aromatic carbocycles. The molecule has 3 heteroatoms. The molecule has 0 aromatic heterocycles. The van der Waals surface area contributed by atoms with Crippen molar-refractivity contribution in [2.45, 2.75) is 77.6 Å². The highest BCUT2D eigenvalue weighted by molar-refractivity contribution is 9.10. The van der Waals surface area contributed by atoms with E-state index in [-0.39, 0.29) is 12.2 Å². The Kier molecular flexibility index (Phi) is 7.67. The first kappa shape index (κ1) is 23.8. The zero-order valence-corrected chi connectivity index (χ0v) is 21.8. The van der Waals surface area contributed by atoms with E-state index in [4.69, 9.17) is 9.47 Å². The molecule has 0 aliphatic heterocycles. The minimum Gasteiger partial charge on any atom is -0.467 e. The van der Waals surface area contributed by atoms with E-state index in [1.54, 1.807) is 7.11 Å². The van der Waals surface area contributed by atoms with Crippen molar-refractivity contribution in [3.8, 4) is 16.9 Å². The van der Waals surface area contributed by atoms with Crippen LogP contribution in [0.5, 0.6) is 5.75 Å². The normalized spacial score (nSPS) is 23.2. The third-order valence-corrected chi connectivity index (χ3v) is 8.26. The van der Waals surface area contributed by atoms with Gasteiger partial charge in [-0.25, -0.2) is 0 Å². The van der Waals surface area contributed by atoms with Crippen LogP contribution in [0.2, 0.25) is 0 Å². The predicted octanol–water partition coefficient (Wildman–Crippen LogP) is 8.55. The fraction of sp³-hybridized carbons (Fsp3) is 0.586. The molecule has 32 heavy (non-hydrogen) atoms. The number of methoxy groups -OCH3 is 1. The van der Waals surface area contributed by atoms with Crippen molar-refractivity contribution in [3.05, 3.63) is 52.0 Å². The topological polar surface area (TPSA) is 18.5 Å². The van der Waals surface area contributed by atoms with Crippen LogP contribution in [0.3, 0.4) is 0 Å². The van der Waals surface area contributed by atoms with Crippen molar-refractivity contribution < 1.29 is 9.47 Å². The van der Waals surface area contributed by atoms with Crippen molar-refractivity contribution in [1.82, 2.24) is 0 Å². The fourth-order valence-electron chi connectivity index (χ4n) is 5.94. The van der Waals surface area contributed by atoms with Gasteiger partial charge in [0.25, 0.3) is 0 Å². The largest absolute Gasteiger partial charge is 0.467 e. The zero-order chi connectivity index (χ0) is 22.7. The zero-order valence-electron chi connectivity index (χ0n) is 20.3. The number of benzene rings is 2. The summed E-state index contributed by atoms with van der Waals surface area (Å²) in [6, 6.07) is 13.2. The minimum absolute atomic E-state index is 0.0758. The van der Waals surface area contributed by atoms with Crippen molar-refractivity contribution in [3.63, 3.8) is 0 Å². The third kappa shape index (κ3) is 5.59. The minimum atomic E-state index is 0.0758. The van der Waals surface area contributed by atoms with Crippen molar-refractivity contribution >= 4 is 15.9 Å². The first-order valence-corrected chi connectivity index (χ1v) is 13.2. The number of rotatable bonds is 7. The van der Waals surface area contributed by atoms with Crippen molar-refractivity contribution in [2.75, 3.05) is 13.9 Å². The van der Waals surface area contributed by atoms with E-state index >= 15 is 0 Å². The Labute approximate surface area is 203 Å². The highest BCUT2D eigenvalue weighted by Crippen LogP contribution is 2.45. The van der Waals surface area contributed by atoms with Gasteiger partial charge in [-0.15, -0.1) is 0 Å². The molecular formula is C29H39BrO2. The quantitative estimate of drug-likeness (QED) is 0.356. The van der Waals surface area contributed by atoms with Crippen LogP contribution in [0.25, 0.3) is 11.1 Å². The lowest BCUT2D eigenvalue weighted by Crippen LogP contribution is -2.27. The molecule has 0 heterocycles. The highest BCUT2D eigenvalue weighted by atomic mass is 79.9. The van der Waals surface area contributed by atoms with Gasteiger partial charge in [-0.05, 0) is 84.1 Å². The summed E-state index contributed by atoms with van der Waals surface area (Å²) in [6.07, 6.45) is 11.1. The second-order valence-electron chi connectivity index (χ2n) is 11.1. The van der Waals surface area contributed by atoms with E-state index < -0.39 is 0 Å². The molecule has 2 aromatic rings. The summed E-state index contributed by atoms with van der Waals surface area (Å²) in [5, 5.41) is 0. The second-order valence-corrected chi connectivity index (χ2v) is 11.9. The summed E-state index contributed by atoms with van der Waals surface area (Å²) in [4.78, 5) is 0. The summed E-state index contributed by atoms with van der Waals surface area (Å²) in [5.74, 6) is 3.81. The summed E-state index contributed by atoms with van der Waals surface area (Å²) >= 11 is 3.78. The Morgan fingerprint density at radius 3 is 2.34 bits per heavy atom. The van der Waals surface area contributed by atoms with E-state index in [9.17, 15) is 0 Å². The Hall–Kier alpha value is -1.32. The van der Waals surface area contributed by atoms with Crippen LogP contribution >= 0.6 is 15.9 Å². The molecule has 2 aliphatic carbocycles. The van der Waals surface area contributed by atoms with Gasteiger partial charge in [-0.3, -0.25) is 0 Å².